The summed E-state index contributed by atoms with van der Waals surface area (Å²) in [5.41, 5.74) is 6.22. The van der Waals surface area contributed by atoms with E-state index >= 15 is 0 Å². The van der Waals surface area contributed by atoms with Gasteiger partial charge in [0, 0.05) is 25.2 Å². The number of rotatable bonds is 7. The molecular formula is C15H21N3O3. The third-order valence-electron chi connectivity index (χ3n) is 3.29. The summed E-state index contributed by atoms with van der Waals surface area (Å²) in [7, 11) is 0. The van der Waals surface area contributed by atoms with Gasteiger partial charge in [-0.25, -0.2) is 0 Å². The van der Waals surface area contributed by atoms with Crippen LogP contribution in [-0.2, 0) is 9.59 Å². The highest BCUT2D eigenvalue weighted by Gasteiger charge is 2.21. The Hall–Kier alpha value is -2.08. The number of nitrogens with one attached hydrogen (secondary N) is 1. The fraction of sp³-hybridized carbons (Fsp3) is 0.467. The normalized spacial score (nSPS) is 14.3. The van der Waals surface area contributed by atoms with Gasteiger partial charge in [-0.3, -0.25) is 9.59 Å². The quantitative estimate of drug-likeness (QED) is 0.723. The first-order valence-electron chi connectivity index (χ1n) is 7.20. The molecule has 3 N–H and O–H groups in total. The number of hydrogen-bond donors (Lipinski definition) is 2. The van der Waals surface area contributed by atoms with E-state index in [4.69, 9.17) is 10.5 Å². The van der Waals surface area contributed by atoms with Crippen molar-refractivity contribution in [3.8, 4) is 5.75 Å². The molecule has 2 amide bonds. The maximum Gasteiger partial charge on any atom is 0.257 e. The second-order valence-electron chi connectivity index (χ2n) is 4.92. The molecule has 0 saturated carbocycles. The van der Waals surface area contributed by atoms with Gasteiger partial charge in [0.1, 0.15) is 5.75 Å². The summed E-state index contributed by atoms with van der Waals surface area (Å²) in [6.45, 7) is 1.86. The zero-order chi connectivity index (χ0) is 15.1. The Bertz CT molecular complexity index is 487. The Morgan fingerprint density at radius 1 is 1.33 bits per heavy atom. The third kappa shape index (κ3) is 4.46. The molecule has 1 aromatic carbocycles. The molecule has 0 aromatic heterocycles. The summed E-state index contributed by atoms with van der Waals surface area (Å²) in [5, 5.41) is 2.72. The van der Waals surface area contributed by atoms with E-state index in [2.05, 4.69) is 5.32 Å². The van der Waals surface area contributed by atoms with Crippen LogP contribution in [0.25, 0.3) is 0 Å². The minimum absolute atomic E-state index is 0.0213. The second-order valence-corrected chi connectivity index (χ2v) is 4.92. The van der Waals surface area contributed by atoms with Crippen molar-refractivity contribution in [2.45, 2.75) is 19.3 Å². The Labute approximate surface area is 124 Å². The monoisotopic (exact) mass is 291 g/mol. The Balaban J connectivity index is 1.80. The predicted molar refractivity (Wildman–Crippen MR) is 80.2 cm³/mol. The number of carbonyl (C=O) groups excluding carboxylic acids is 2. The molecule has 0 bridgehead atoms. The third-order valence-corrected chi connectivity index (χ3v) is 3.29. The SMILES string of the molecule is NCCCNC(=O)COc1ccc(N2CCCC2=O)cc1. The largest absolute Gasteiger partial charge is 0.484 e. The smallest absolute Gasteiger partial charge is 0.257 e. The summed E-state index contributed by atoms with van der Waals surface area (Å²) in [4.78, 5) is 24.9. The van der Waals surface area contributed by atoms with Crippen LogP contribution in [0.5, 0.6) is 5.75 Å². The zero-order valence-electron chi connectivity index (χ0n) is 12.0. The molecule has 2 rings (SSSR count). The lowest BCUT2D eigenvalue weighted by Crippen LogP contribution is -2.30. The van der Waals surface area contributed by atoms with Gasteiger partial charge in [-0.05, 0) is 43.7 Å². The lowest BCUT2D eigenvalue weighted by molar-refractivity contribution is -0.123. The highest BCUT2D eigenvalue weighted by Crippen LogP contribution is 2.23. The van der Waals surface area contributed by atoms with Crippen molar-refractivity contribution in [2.75, 3.05) is 31.1 Å². The van der Waals surface area contributed by atoms with Crippen LogP contribution < -0.4 is 20.7 Å². The number of anilines is 1. The summed E-state index contributed by atoms with van der Waals surface area (Å²) in [6, 6.07) is 7.22. The molecule has 1 aliphatic heterocycles. The first-order chi connectivity index (χ1) is 10.2. The average molecular weight is 291 g/mol. The number of nitrogens with two attached hydrogens (primary N) is 1. The molecule has 21 heavy (non-hydrogen) atoms. The van der Waals surface area contributed by atoms with Crippen molar-refractivity contribution in [1.29, 1.82) is 0 Å². The van der Waals surface area contributed by atoms with Crippen molar-refractivity contribution in [2.24, 2.45) is 5.73 Å². The van der Waals surface area contributed by atoms with Gasteiger partial charge in [-0.1, -0.05) is 0 Å². The van der Waals surface area contributed by atoms with Crippen LogP contribution in [0.15, 0.2) is 24.3 Å². The summed E-state index contributed by atoms with van der Waals surface area (Å²) in [5.74, 6) is 0.601. The van der Waals surface area contributed by atoms with Crippen molar-refractivity contribution in [3.05, 3.63) is 24.3 Å². The number of hydrogen-bond acceptors (Lipinski definition) is 4. The molecule has 1 aromatic rings. The van der Waals surface area contributed by atoms with Gasteiger partial charge in [0.25, 0.3) is 5.91 Å². The first-order valence-corrected chi connectivity index (χ1v) is 7.20. The first kappa shape index (κ1) is 15.3. The number of nitrogens with zero attached hydrogens (tertiary/aromatic N) is 1. The fourth-order valence-corrected chi connectivity index (χ4v) is 2.17. The van der Waals surface area contributed by atoms with E-state index < -0.39 is 0 Å². The Morgan fingerprint density at radius 3 is 2.71 bits per heavy atom. The highest BCUT2D eigenvalue weighted by atomic mass is 16.5. The molecule has 0 aliphatic carbocycles. The van der Waals surface area contributed by atoms with E-state index in [1.807, 2.05) is 12.1 Å². The maximum atomic E-state index is 11.6. The molecule has 1 saturated heterocycles. The number of benzene rings is 1. The van der Waals surface area contributed by atoms with Gasteiger partial charge in [0.15, 0.2) is 6.61 Å². The lowest BCUT2D eigenvalue weighted by Gasteiger charge is -2.16. The molecule has 1 heterocycles. The molecule has 0 unspecified atom stereocenters. The fourth-order valence-electron chi connectivity index (χ4n) is 2.17. The number of ether oxygens (including phenoxy) is 1. The van der Waals surface area contributed by atoms with Crippen molar-refractivity contribution < 1.29 is 14.3 Å². The van der Waals surface area contributed by atoms with Crippen LogP contribution in [0, 0.1) is 0 Å². The topological polar surface area (TPSA) is 84.7 Å². The molecular weight excluding hydrogens is 270 g/mol. The average Bonchev–Trinajstić information content (AvgIpc) is 2.92. The molecule has 0 radical (unpaired) electrons. The van der Waals surface area contributed by atoms with Crippen LogP contribution in [0.1, 0.15) is 19.3 Å². The van der Waals surface area contributed by atoms with Gasteiger partial charge < -0.3 is 20.7 Å². The van der Waals surface area contributed by atoms with Gasteiger partial charge in [0.05, 0.1) is 0 Å². The lowest BCUT2D eigenvalue weighted by atomic mass is 10.3. The van der Waals surface area contributed by atoms with Crippen molar-refractivity contribution >= 4 is 17.5 Å². The van der Waals surface area contributed by atoms with Crippen molar-refractivity contribution in [3.63, 3.8) is 0 Å². The van der Waals surface area contributed by atoms with Crippen LogP contribution in [-0.4, -0.2) is 38.1 Å². The summed E-state index contributed by atoms with van der Waals surface area (Å²) in [6.07, 6.45) is 2.27. The van der Waals surface area contributed by atoms with E-state index in [0.29, 0.717) is 25.3 Å². The van der Waals surface area contributed by atoms with Gasteiger partial charge in [0.2, 0.25) is 5.91 Å². The highest BCUT2D eigenvalue weighted by molar-refractivity contribution is 5.95. The standard InChI is InChI=1S/C15H21N3O3/c16-8-2-9-17-14(19)11-21-13-6-4-12(5-7-13)18-10-1-3-15(18)20/h4-7H,1-3,8-11,16H2,(H,17,19). The number of carbonyl (C=O) groups is 2. The van der Waals surface area contributed by atoms with Gasteiger partial charge in [-0.2, -0.15) is 0 Å². The molecule has 0 spiro atoms. The van der Waals surface area contributed by atoms with E-state index in [-0.39, 0.29) is 18.4 Å². The van der Waals surface area contributed by atoms with E-state index in [9.17, 15) is 9.59 Å². The molecule has 1 fully saturated rings. The van der Waals surface area contributed by atoms with E-state index in [1.165, 1.54) is 0 Å². The van der Waals surface area contributed by atoms with Crippen molar-refractivity contribution in [1.82, 2.24) is 5.32 Å². The number of amides is 2. The second kappa shape index (κ2) is 7.64. The van der Waals surface area contributed by atoms with Gasteiger partial charge in [-0.15, -0.1) is 0 Å². The summed E-state index contributed by atoms with van der Waals surface area (Å²) < 4.78 is 5.40. The van der Waals surface area contributed by atoms with Crippen LogP contribution >= 0.6 is 0 Å². The Morgan fingerprint density at radius 2 is 2.10 bits per heavy atom. The minimum atomic E-state index is -0.165. The van der Waals surface area contributed by atoms with Gasteiger partial charge >= 0.3 is 0 Å². The van der Waals surface area contributed by atoms with Crippen LogP contribution in [0.2, 0.25) is 0 Å². The summed E-state index contributed by atoms with van der Waals surface area (Å²) >= 11 is 0. The van der Waals surface area contributed by atoms with E-state index in [1.54, 1.807) is 17.0 Å². The zero-order valence-corrected chi connectivity index (χ0v) is 12.0. The molecule has 0 atom stereocenters. The Kier molecular flexibility index (Phi) is 5.57. The molecule has 6 nitrogen and oxygen atoms in total. The van der Waals surface area contributed by atoms with Crippen LogP contribution in [0.4, 0.5) is 5.69 Å². The molecule has 114 valence electrons. The van der Waals surface area contributed by atoms with E-state index in [0.717, 1.165) is 25.1 Å². The maximum absolute atomic E-state index is 11.6. The predicted octanol–water partition coefficient (Wildman–Crippen LogP) is 0.657. The van der Waals surface area contributed by atoms with Crippen LogP contribution in [0.3, 0.4) is 0 Å². The molecule has 6 heteroatoms. The minimum Gasteiger partial charge on any atom is -0.484 e. The molecule has 1 aliphatic rings.